The van der Waals surface area contributed by atoms with Crippen LogP contribution in [0.4, 0.5) is 0 Å². The fourth-order valence-corrected chi connectivity index (χ4v) is 1.39. The molecule has 5 nitrogen and oxygen atoms in total. The smallest absolute Gasteiger partial charge is 0.744 e. The minimum Gasteiger partial charge on any atom is -0.744 e. The molecule has 0 saturated heterocycles. The average Bonchev–Trinajstić information content (AvgIpc) is 2.14. The number of benzene rings is 1. The first kappa shape index (κ1) is 14.9. The van der Waals surface area contributed by atoms with E-state index >= 15 is 0 Å². The van der Waals surface area contributed by atoms with Gasteiger partial charge in [0.05, 0.1) is 11.5 Å². The molecule has 7 heteroatoms. The molecule has 78 valence electrons. The number of aliphatic hydroxyl groups excluding tert-OH is 1. The van der Waals surface area contributed by atoms with Gasteiger partial charge in [0.2, 0.25) is 0 Å². The van der Waals surface area contributed by atoms with E-state index in [1.165, 1.54) is 18.2 Å². The van der Waals surface area contributed by atoms with E-state index in [0.717, 1.165) is 6.07 Å². The third-order valence-electron chi connectivity index (χ3n) is 1.45. The van der Waals surface area contributed by atoms with Crippen molar-refractivity contribution in [3.63, 3.8) is 0 Å². The molecule has 0 heterocycles. The van der Waals surface area contributed by atoms with Crippen molar-refractivity contribution in [1.82, 2.24) is 0 Å². The van der Waals surface area contributed by atoms with Gasteiger partial charge in [-0.15, -0.1) is 0 Å². The average molecular weight is 240 g/mol. The Morgan fingerprint density at radius 2 is 2.07 bits per heavy atom. The van der Waals surface area contributed by atoms with E-state index in [2.05, 4.69) is 0 Å². The summed E-state index contributed by atoms with van der Waals surface area (Å²) < 4.78 is 36.7. The molecule has 0 unspecified atom stereocenters. The van der Waals surface area contributed by atoms with Crippen LogP contribution in [0, 0.1) is 0 Å². The van der Waals surface area contributed by atoms with E-state index in [4.69, 9.17) is 9.84 Å². The molecule has 0 atom stereocenters. The van der Waals surface area contributed by atoms with E-state index in [-0.39, 0.29) is 53.4 Å². The molecule has 0 radical (unpaired) electrons. The number of hydrogen-bond acceptors (Lipinski definition) is 5. The van der Waals surface area contributed by atoms with Crippen molar-refractivity contribution < 1.29 is 52.4 Å². The quantitative estimate of drug-likeness (QED) is 0.447. The van der Waals surface area contributed by atoms with Crippen molar-refractivity contribution in [2.75, 3.05) is 13.2 Å². The maximum atomic E-state index is 10.6. The summed E-state index contributed by atoms with van der Waals surface area (Å²) in [6.45, 7) is -0.114. The zero-order valence-corrected chi connectivity index (χ0v) is 11.0. The third-order valence-corrected chi connectivity index (χ3v) is 2.29. The molecule has 0 aliphatic carbocycles. The fraction of sp³-hybridized carbons (Fsp3) is 0.250. The summed E-state index contributed by atoms with van der Waals surface area (Å²) in [6.07, 6.45) is 0. The van der Waals surface area contributed by atoms with Crippen LogP contribution in [0.1, 0.15) is 0 Å². The molecule has 0 aliphatic rings. The summed E-state index contributed by atoms with van der Waals surface area (Å²) in [7, 11) is -4.44. The molecule has 1 aromatic carbocycles. The van der Waals surface area contributed by atoms with Crippen molar-refractivity contribution in [2.45, 2.75) is 4.90 Å². The first-order valence-corrected chi connectivity index (χ1v) is 5.24. The van der Waals surface area contributed by atoms with Crippen LogP contribution in [0.25, 0.3) is 0 Å². The van der Waals surface area contributed by atoms with E-state index in [0.29, 0.717) is 0 Å². The molecule has 1 rings (SSSR count). The van der Waals surface area contributed by atoms with Crippen LogP contribution in [0.2, 0.25) is 0 Å². The van der Waals surface area contributed by atoms with Gasteiger partial charge >= 0.3 is 29.6 Å². The summed E-state index contributed by atoms with van der Waals surface area (Å²) in [5.74, 6) is 0.246. The van der Waals surface area contributed by atoms with Crippen LogP contribution < -0.4 is 34.3 Å². The number of ether oxygens (including phenoxy) is 1. The standard InChI is InChI=1S/C8H10O5S.Na/c9-4-5-13-7-2-1-3-8(6-7)14(10,11)12;/h1-3,6,9H,4-5H2,(H,10,11,12);/q;+1/p-1. The van der Waals surface area contributed by atoms with Gasteiger partial charge in [-0.2, -0.15) is 0 Å². The Balaban J connectivity index is 0.00000196. The summed E-state index contributed by atoms with van der Waals surface area (Å²) in [5.41, 5.74) is 0. The Bertz CT molecular complexity index is 403. The number of hydrogen-bond donors (Lipinski definition) is 1. The van der Waals surface area contributed by atoms with Gasteiger partial charge in [0.15, 0.2) is 0 Å². The first-order valence-electron chi connectivity index (χ1n) is 3.83. The van der Waals surface area contributed by atoms with E-state index in [1.807, 2.05) is 0 Å². The molecule has 1 aromatic rings. The summed E-state index contributed by atoms with van der Waals surface area (Å²) >= 11 is 0. The minimum atomic E-state index is -4.44. The second-order valence-electron chi connectivity index (χ2n) is 2.50. The molecule has 1 N–H and O–H groups in total. The molecule has 0 saturated carbocycles. The van der Waals surface area contributed by atoms with E-state index in [9.17, 15) is 13.0 Å². The van der Waals surface area contributed by atoms with Crippen LogP contribution >= 0.6 is 0 Å². The van der Waals surface area contributed by atoms with Crippen LogP contribution in [-0.2, 0) is 10.1 Å². The van der Waals surface area contributed by atoms with Gasteiger partial charge < -0.3 is 14.4 Å². The Morgan fingerprint density at radius 3 is 2.60 bits per heavy atom. The predicted octanol–water partition coefficient (Wildman–Crippen LogP) is -3.03. The van der Waals surface area contributed by atoms with Crippen LogP contribution in [0.5, 0.6) is 5.75 Å². The molecule has 15 heavy (non-hydrogen) atoms. The molecule has 0 bridgehead atoms. The molecule has 0 spiro atoms. The van der Waals surface area contributed by atoms with Crippen molar-refractivity contribution in [2.24, 2.45) is 0 Å². The fourth-order valence-electron chi connectivity index (χ4n) is 0.883. The molecule has 0 amide bonds. The van der Waals surface area contributed by atoms with Crippen LogP contribution in [0.3, 0.4) is 0 Å². The van der Waals surface area contributed by atoms with Gasteiger partial charge in [0.25, 0.3) is 0 Å². The van der Waals surface area contributed by atoms with Crippen LogP contribution in [-0.4, -0.2) is 31.3 Å². The predicted molar refractivity (Wildman–Crippen MR) is 47.0 cm³/mol. The molecule has 0 aromatic heterocycles. The molecule has 0 fully saturated rings. The molecular formula is C8H9NaO5S. The normalized spacial score (nSPS) is 10.5. The first-order chi connectivity index (χ1) is 6.54. The van der Waals surface area contributed by atoms with Gasteiger partial charge in [0.1, 0.15) is 22.5 Å². The topological polar surface area (TPSA) is 86.7 Å². The summed E-state index contributed by atoms with van der Waals surface area (Å²) in [4.78, 5) is -0.340. The zero-order chi connectivity index (χ0) is 10.6. The monoisotopic (exact) mass is 240 g/mol. The van der Waals surface area contributed by atoms with E-state index < -0.39 is 10.1 Å². The maximum absolute atomic E-state index is 10.6. The molecule has 0 aliphatic heterocycles. The Labute approximate surface area is 110 Å². The second kappa shape index (κ2) is 6.47. The summed E-state index contributed by atoms with van der Waals surface area (Å²) in [5, 5.41) is 8.45. The van der Waals surface area contributed by atoms with Crippen molar-refractivity contribution in [1.29, 1.82) is 0 Å². The number of aliphatic hydroxyl groups is 1. The maximum Gasteiger partial charge on any atom is 1.00 e. The minimum absolute atomic E-state index is 0. The zero-order valence-electron chi connectivity index (χ0n) is 8.21. The van der Waals surface area contributed by atoms with Gasteiger partial charge in [-0.25, -0.2) is 8.42 Å². The van der Waals surface area contributed by atoms with Crippen LogP contribution in [0.15, 0.2) is 29.2 Å². The van der Waals surface area contributed by atoms with E-state index in [1.54, 1.807) is 0 Å². The summed E-state index contributed by atoms with van der Waals surface area (Å²) in [6, 6.07) is 5.22. The van der Waals surface area contributed by atoms with Crippen molar-refractivity contribution in [3.8, 4) is 5.75 Å². The molecular weight excluding hydrogens is 231 g/mol. The Kier molecular flexibility index (Phi) is 6.42. The second-order valence-corrected chi connectivity index (χ2v) is 3.88. The largest absolute Gasteiger partial charge is 1.00 e. The van der Waals surface area contributed by atoms with Crippen molar-refractivity contribution >= 4 is 10.1 Å². The van der Waals surface area contributed by atoms with Crippen molar-refractivity contribution in [3.05, 3.63) is 24.3 Å². The SMILES string of the molecule is O=S(=O)([O-])c1cccc(OCCO)c1.[Na+]. The Morgan fingerprint density at radius 1 is 1.40 bits per heavy atom. The Hall–Kier alpha value is -0.110. The third kappa shape index (κ3) is 4.96. The van der Waals surface area contributed by atoms with Gasteiger partial charge in [-0.3, -0.25) is 0 Å². The van der Waals surface area contributed by atoms with Gasteiger partial charge in [-0.05, 0) is 18.2 Å². The van der Waals surface area contributed by atoms with Gasteiger partial charge in [0, 0.05) is 0 Å². The number of rotatable bonds is 4. The van der Waals surface area contributed by atoms with Gasteiger partial charge in [-0.1, -0.05) is 6.07 Å².